The summed E-state index contributed by atoms with van der Waals surface area (Å²) in [5.74, 6) is 1.14. The number of rotatable bonds is 6. The van der Waals surface area contributed by atoms with Crippen LogP contribution < -0.4 is 16.0 Å². The molecule has 20 heavy (non-hydrogen) atoms. The van der Waals surface area contributed by atoms with Crippen LogP contribution in [0.4, 0.5) is 11.6 Å². The van der Waals surface area contributed by atoms with Crippen LogP contribution in [-0.2, 0) is 4.79 Å². The van der Waals surface area contributed by atoms with Gasteiger partial charge in [-0.15, -0.1) is 0 Å². The van der Waals surface area contributed by atoms with Gasteiger partial charge in [0.1, 0.15) is 22.4 Å². The Hall–Kier alpha value is -1.37. The first-order valence-electron chi connectivity index (χ1n) is 6.92. The molecule has 1 fully saturated rings. The third kappa shape index (κ3) is 3.39. The number of primary amides is 1. The van der Waals surface area contributed by atoms with Crippen LogP contribution in [0.3, 0.4) is 0 Å². The largest absolute Gasteiger partial charge is 0.369 e. The number of hydrogen-bond acceptors (Lipinski definition) is 5. The van der Waals surface area contributed by atoms with Crippen LogP contribution in [0.5, 0.6) is 0 Å². The van der Waals surface area contributed by atoms with Gasteiger partial charge in [0.2, 0.25) is 5.91 Å². The van der Waals surface area contributed by atoms with Crippen LogP contribution in [0.15, 0.2) is 10.8 Å². The molecule has 1 heterocycles. The Kier molecular flexibility index (Phi) is 5.17. The summed E-state index contributed by atoms with van der Waals surface area (Å²) >= 11 is 3.54. The normalized spacial score (nSPS) is 15.3. The fraction of sp³-hybridized carbons (Fsp3) is 0.615. The highest BCUT2D eigenvalue weighted by molar-refractivity contribution is 9.10. The Morgan fingerprint density at radius 1 is 1.50 bits per heavy atom. The van der Waals surface area contributed by atoms with Crippen molar-refractivity contribution in [1.82, 2.24) is 9.97 Å². The molecule has 0 spiro atoms. The molecule has 0 unspecified atom stereocenters. The molecule has 7 heteroatoms. The number of amides is 1. The lowest BCUT2D eigenvalue weighted by Gasteiger charge is -2.29. The number of anilines is 2. The van der Waals surface area contributed by atoms with E-state index < -0.39 is 0 Å². The van der Waals surface area contributed by atoms with Gasteiger partial charge in [0, 0.05) is 12.6 Å². The maximum Gasteiger partial charge on any atom is 0.237 e. The van der Waals surface area contributed by atoms with Gasteiger partial charge in [0.25, 0.3) is 0 Å². The maximum atomic E-state index is 11.4. The predicted molar refractivity (Wildman–Crippen MR) is 82.7 cm³/mol. The zero-order valence-electron chi connectivity index (χ0n) is 11.6. The van der Waals surface area contributed by atoms with Gasteiger partial charge >= 0.3 is 0 Å². The lowest BCUT2D eigenvalue weighted by Crippen LogP contribution is -2.41. The molecule has 0 atom stereocenters. The lowest BCUT2D eigenvalue weighted by atomic mass is 10.2. The highest BCUT2D eigenvalue weighted by atomic mass is 79.9. The van der Waals surface area contributed by atoms with E-state index in [1.165, 1.54) is 19.2 Å². The second-order valence-corrected chi connectivity index (χ2v) is 5.72. The summed E-state index contributed by atoms with van der Waals surface area (Å²) in [7, 11) is 0. The van der Waals surface area contributed by atoms with Gasteiger partial charge in [0.05, 0.1) is 6.54 Å². The molecule has 0 aliphatic heterocycles. The molecule has 1 aliphatic rings. The number of carbonyl (C=O) groups excluding carboxylic acids is 1. The minimum Gasteiger partial charge on any atom is -0.369 e. The van der Waals surface area contributed by atoms with E-state index in [9.17, 15) is 4.79 Å². The van der Waals surface area contributed by atoms with Gasteiger partial charge in [-0.1, -0.05) is 12.8 Å². The molecule has 110 valence electrons. The molecule has 6 nitrogen and oxygen atoms in total. The van der Waals surface area contributed by atoms with E-state index in [1.54, 1.807) is 0 Å². The Morgan fingerprint density at radius 2 is 2.20 bits per heavy atom. The van der Waals surface area contributed by atoms with Gasteiger partial charge < -0.3 is 16.0 Å². The molecule has 1 saturated carbocycles. The van der Waals surface area contributed by atoms with Gasteiger partial charge in [0.15, 0.2) is 0 Å². The van der Waals surface area contributed by atoms with E-state index in [0.717, 1.165) is 35.5 Å². The Labute approximate surface area is 127 Å². The SMILES string of the molecule is CCNc1ncnc(N(CC(N)=O)C2CCCC2)c1Br. The molecule has 1 amide bonds. The second-order valence-electron chi connectivity index (χ2n) is 4.92. The van der Waals surface area contributed by atoms with Crippen molar-refractivity contribution in [3.63, 3.8) is 0 Å². The summed E-state index contributed by atoms with van der Waals surface area (Å²) in [6, 6.07) is 0.322. The van der Waals surface area contributed by atoms with Crippen molar-refractivity contribution < 1.29 is 4.79 Å². The van der Waals surface area contributed by atoms with Crippen LogP contribution in [0.2, 0.25) is 0 Å². The first-order chi connectivity index (χ1) is 9.63. The van der Waals surface area contributed by atoms with E-state index >= 15 is 0 Å². The molecule has 1 aromatic rings. The Balaban J connectivity index is 2.32. The molecule has 0 saturated heterocycles. The molecule has 3 N–H and O–H groups in total. The quantitative estimate of drug-likeness (QED) is 0.825. The number of aromatic nitrogens is 2. The number of nitrogens with zero attached hydrogens (tertiary/aromatic N) is 3. The maximum absolute atomic E-state index is 11.4. The van der Waals surface area contributed by atoms with E-state index in [1.807, 2.05) is 11.8 Å². The molecular formula is C13H20BrN5O. The minimum atomic E-state index is -0.340. The Morgan fingerprint density at radius 3 is 2.80 bits per heavy atom. The minimum absolute atomic E-state index is 0.186. The number of nitrogens with two attached hydrogens (primary N) is 1. The van der Waals surface area contributed by atoms with Crippen LogP contribution in [-0.4, -0.2) is 35.0 Å². The number of hydrogen-bond donors (Lipinski definition) is 2. The van der Waals surface area contributed by atoms with Crippen LogP contribution in [0.25, 0.3) is 0 Å². The third-order valence-corrected chi connectivity index (χ3v) is 4.21. The zero-order valence-corrected chi connectivity index (χ0v) is 13.2. The molecule has 1 aliphatic carbocycles. The summed E-state index contributed by atoms with van der Waals surface area (Å²) in [6.45, 7) is 2.96. The van der Waals surface area contributed by atoms with Gasteiger partial charge in [-0.2, -0.15) is 0 Å². The van der Waals surface area contributed by atoms with Crippen molar-refractivity contribution in [2.45, 2.75) is 38.6 Å². The van der Waals surface area contributed by atoms with Gasteiger partial charge in [-0.3, -0.25) is 4.79 Å². The highest BCUT2D eigenvalue weighted by Crippen LogP contribution is 2.34. The van der Waals surface area contributed by atoms with Crippen molar-refractivity contribution >= 4 is 33.5 Å². The zero-order chi connectivity index (χ0) is 14.5. The third-order valence-electron chi connectivity index (χ3n) is 3.48. The summed E-state index contributed by atoms with van der Waals surface area (Å²) in [6.07, 6.45) is 6.02. The summed E-state index contributed by atoms with van der Waals surface area (Å²) in [5, 5.41) is 3.17. The average molecular weight is 342 g/mol. The standard InChI is InChI=1S/C13H20BrN5O/c1-2-16-12-11(14)13(18-8-17-12)19(7-10(15)20)9-5-3-4-6-9/h8-9H,2-7H2,1H3,(H2,15,20)(H,16,17,18). The molecule has 2 rings (SSSR count). The number of halogens is 1. The number of nitrogens with one attached hydrogen (secondary N) is 1. The fourth-order valence-corrected chi connectivity index (χ4v) is 3.18. The topological polar surface area (TPSA) is 84.1 Å². The van der Waals surface area contributed by atoms with Gasteiger partial charge in [-0.05, 0) is 35.7 Å². The molecule has 0 bridgehead atoms. The van der Waals surface area contributed by atoms with E-state index in [-0.39, 0.29) is 12.5 Å². The van der Waals surface area contributed by atoms with Crippen molar-refractivity contribution in [3.8, 4) is 0 Å². The Bertz CT molecular complexity index is 476. The van der Waals surface area contributed by atoms with Crippen molar-refractivity contribution in [2.24, 2.45) is 5.73 Å². The van der Waals surface area contributed by atoms with E-state index in [4.69, 9.17) is 5.73 Å². The van der Waals surface area contributed by atoms with Crippen LogP contribution >= 0.6 is 15.9 Å². The van der Waals surface area contributed by atoms with E-state index in [0.29, 0.717) is 6.04 Å². The summed E-state index contributed by atoms with van der Waals surface area (Å²) in [4.78, 5) is 21.9. The lowest BCUT2D eigenvalue weighted by molar-refractivity contribution is -0.116. The van der Waals surface area contributed by atoms with Crippen molar-refractivity contribution in [2.75, 3.05) is 23.3 Å². The first-order valence-corrected chi connectivity index (χ1v) is 7.72. The molecule has 1 aromatic heterocycles. The second kappa shape index (κ2) is 6.88. The molecule has 0 radical (unpaired) electrons. The van der Waals surface area contributed by atoms with Gasteiger partial charge in [-0.25, -0.2) is 9.97 Å². The van der Waals surface area contributed by atoms with Crippen LogP contribution in [0, 0.1) is 0 Å². The van der Waals surface area contributed by atoms with Crippen LogP contribution in [0.1, 0.15) is 32.6 Å². The van der Waals surface area contributed by atoms with E-state index in [2.05, 4.69) is 31.2 Å². The number of carbonyl (C=O) groups is 1. The smallest absolute Gasteiger partial charge is 0.237 e. The predicted octanol–water partition coefficient (Wildman–Crippen LogP) is 1.91. The molecular weight excluding hydrogens is 322 g/mol. The average Bonchev–Trinajstić information content (AvgIpc) is 2.93. The highest BCUT2D eigenvalue weighted by Gasteiger charge is 2.27. The summed E-state index contributed by atoms with van der Waals surface area (Å²) < 4.78 is 0.787. The van der Waals surface area contributed by atoms with Crippen molar-refractivity contribution in [1.29, 1.82) is 0 Å². The monoisotopic (exact) mass is 341 g/mol. The first kappa shape index (κ1) is 15.0. The van der Waals surface area contributed by atoms with Crippen molar-refractivity contribution in [3.05, 3.63) is 10.8 Å². The fourth-order valence-electron chi connectivity index (χ4n) is 2.61. The summed E-state index contributed by atoms with van der Waals surface area (Å²) in [5.41, 5.74) is 5.39. The molecule has 0 aromatic carbocycles.